The number of aryl methyl sites for hydroxylation is 1. The zero-order valence-corrected chi connectivity index (χ0v) is 11.8. The van der Waals surface area contributed by atoms with Crippen LogP contribution in [-0.4, -0.2) is 40.4 Å². The molecular weight excluding hydrogens is 272 g/mol. The quantitative estimate of drug-likeness (QED) is 0.802. The third kappa shape index (κ3) is 4.30. The van der Waals surface area contributed by atoms with E-state index >= 15 is 0 Å². The van der Waals surface area contributed by atoms with E-state index in [1.807, 2.05) is 19.1 Å². The number of carbonyl (C=O) groups excluding carboxylic acids is 2. The van der Waals surface area contributed by atoms with E-state index in [4.69, 9.17) is 5.11 Å². The van der Waals surface area contributed by atoms with Gasteiger partial charge in [0, 0.05) is 18.3 Å². The number of carboxylic acid groups (broad SMARTS) is 1. The van der Waals surface area contributed by atoms with Gasteiger partial charge in [-0.3, -0.25) is 14.4 Å². The number of anilines is 1. The van der Waals surface area contributed by atoms with Crippen LogP contribution in [0, 0.1) is 6.92 Å². The molecule has 1 aliphatic rings. The maximum Gasteiger partial charge on any atom is 0.313 e. The number of nitrogens with one attached hydrogen (secondary N) is 1. The molecule has 1 fully saturated rings. The average Bonchev–Trinajstić information content (AvgIpc) is 3.25. The first-order valence-electron chi connectivity index (χ1n) is 6.88. The highest BCUT2D eigenvalue weighted by atomic mass is 16.4. The third-order valence-corrected chi connectivity index (χ3v) is 3.32. The first kappa shape index (κ1) is 15.0. The van der Waals surface area contributed by atoms with Gasteiger partial charge in [-0.1, -0.05) is 17.7 Å². The smallest absolute Gasteiger partial charge is 0.313 e. The molecule has 0 bridgehead atoms. The molecule has 1 aromatic carbocycles. The Bertz CT molecular complexity index is 549. The molecule has 0 aromatic heterocycles. The monoisotopic (exact) mass is 290 g/mol. The van der Waals surface area contributed by atoms with Crippen LogP contribution in [0.3, 0.4) is 0 Å². The molecule has 0 heterocycles. The Morgan fingerprint density at radius 2 is 1.86 bits per heavy atom. The summed E-state index contributed by atoms with van der Waals surface area (Å²) in [4.78, 5) is 36.1. The summed E-state index contributed by atoms with van der Waals surface area (Å²) in [5, 5.41) is 11.2. The Morgan fingerprint density at radius 1 is 1.24 bits per heavy atom. The summed E-state index contributed by atoms with van der Waals surface area (Å²) in [6, 6.07) is 7.12. The van der Waals surface area contributed by atoms with Crippen molar-refractivity contribution in [1.29, 1.82) is 0 Å². The first-order valence-corrected chi connectivity index (χ1v) is 6.88. The number of carbonyl (C=O) groups is 3. The van der Waals surface area contributed by atoms with E-state index in [1.165, 1.54) is 4.90 Å². The maximum absolute atomic E-state index is 12.1. The van der Waals surface area contributed by atoms with E-state index in [9.17, 15) is 14.4 Å². The zero-order valence-electron chi connectivity index (χ0n) is 11.8. The van der Waals surface area contributed by atoms with Crippen molar-refractivity contribution in [2.75, 3.05) is 11.9 Å². The van der Waals surface area contributed by atoms with Crippen molar-refractivity contribution in [3.63, 3.8) is 0 Å². The van der Waals surface area contributed by atoms with Crippen LogP contribution in [-0.2, 0) is 14.4 Å². The van der Waals surface area contributed by atoms with Gasteiger partial charge in [-0.2, -0.15) is 0 Å². The van der Waals surface area contributed by atoms with Crippen molar-refractivity contribution >= 4 is 23.5 Å². The van der Waals surface area contributed by atoms with Gasteiger partial charge in [0.1, 0.15) is 0 Å². The minimum atomic E-state index is -0.979. The Morgan fingerprint density at radius 3 is 2.38 bits per heavy atom. The molecule has 0 spiro atoms. The molecule has 2 amide bonds. The van der Waals surface area contributed by atoms with Crippen LogP contribution >= 0.6 is 0 Å². The minimum Gasteiger partial charge on any atom is -0.481 e. The van der Waals surface area contributed by atoms with Crippen LogP contribution in [0.2, 0.25) is 0 Å². The summed E-state index contributed by atoms with van der Waals surface area (Å²) in [6.45, 7) is 2.00. The lowest BCUT2D eigenvalue weighted by atomic mass is 10.2. The van der Waals surface area contributed by atoms with Crippen molar-refractivity contribution < 1.29 is 19.5 Å². The molecule has 0 radical (unpaired) electrons. The van der Waals surface area contributed by atoms with Gasteiger partial charge < -0.3 is 15.3 Å². The maximum atomic E-state index is 12.1. The van der Waals surface area contributed by atoms with Gasteiger partial charge in [-0.15, -0.1) is 0 Å². The molecule has 1 aromatic rings. The summed E-state index contributed by atoms with van der Waals surface area (Å²) in [7, 11) is 0. The predicted octanol–water partition coefficient (Wildman–Crippen LogP) is 1.40. The van der Waals surface area contributed by atoms with Crippen LogP contribution < -0.4 is 5.32 Å². The molecule has 21 heavy (non-hydrogen) atoms. The van der Waals surface area contributed by atoms with Crippen molar-refractivity contribution in [3.8, 4) is 0 Å². The van der Waals surface area contributed by atoms with E-state index < -0.39 is 17.8 Å². The minimum absolute atomic E-state index is 0.000572. The third-order valence-electron chi connectivity index (χ3n) is 3.32. The number of hydrogen-bond acceptors (Lipinski definition) is 3. The predicted molar refractivity (Wildman–Crippen MR) is 76.8 cm³/mol. The molecule has 2 N–H and O–H groups in total. The van der Waals surface area contributed by atoms with Gasteiger partial charge in [-0.05, 0) is 31.9 Å². The average molecular weight is 290 g/mol. The van der Waals surface area contributed by atoms with E-state index in [-0.39, 0.29) is 19.0 Å². The second kappa shape index (κ2) is 6.39. The molecule has 2 rings (SSSR count). The second-order valence-corrected chi connectivity index (χ2v) is 5.19. The molecule has 112 valence electrons. The lowest BCUT2D eigenvalue weighted by molar-refractivity contribution is -0.145. The molecule has 6 heteroatoms. The highest BCUT2D eigenvalue weighted by Crippen LogP contribution is 2.27. The van der Waals surface area contributed by atoms with Gasteiger partial charge in [-0.25, -0.2) is 0 Å². The van der Waals surface area contributed by atoms with E-state index in [0.717, 1.165) is 18.4 Å². The number of nitrogens with zero attached hydrogens (tertiary/aromatic N) is 1. The summed E-state index contributed by atoms with van der Waals surface area (Å²) in [6.07, 6.45) is 1.49. The van der Waals surface area contributed by atoms with Gasteiger partial charge in [0.05, 0.1) is 6.42 Å². The number of hydrogen-bond donors (Lipinski definition) is 2. The number of benzene rings is 1. The van der Waals surface area contributed by atoms with Gasteiger partial charge in [0.15, 0.2) is 0 Å². The van der Waals surface area contributed by atoms with Crippen LogP contribution in [0.1, 0.15) is 24.8 Å². The molecule has 1 aliphatic carbocycles. The standard InChI is InChI=1S/C15H18N2O4/c1-10-2-4-11(5-3-10)16-14(20)15(21)17(12-6-7-12)9-8-13(18)19/h2-5,12H,6-9H2,1H3,(H,16,20)(H,18,19). The Balaban J connectivity index is 1.97. The molecule has 0 atom stereocenters. The van der Waals surface area contributed by atoms with Crippen LogP contribution in [0.25, 0.3) is 0 Å². The second-order valence-electron chi connectivity index (χ2n) is 5.19. The lowest BCUT2D eigenvalue weighted by Gasteiger charge is -2.20. The van der Waals surface area contributed by atoms with Gasteiger partial charge in [0.2, 0.25) is 0 Å². The fourth-order valence-corrected chi connectivity index (χ4v) is 2.00. The molecule has 0 unspecified atom stereocenters. The molecule has 1 saturated carbocycles. The highest BCUT2D eigenvalue weighted by Gasteiger charge is 2.35. The topological polar surface area (TPSA) is 86.7 Å². The lowest BCUT2D eigenvalue weighted by Crippen LogP contribution is -2.42. The normalized spacial score (nSPS) is 13.6. The fourth-order valence-electron chi connectivity index (χ4n) is 2.00. The first-order chi connectivity index (χ1) is 9.97. The number of rotatable bonds is 5. The molecule has 6 nitrogen and oxygen atoms in total. The van der Waals surface area contributed by atoms with Gasteiger partial charge >= 0.3 is 17.8 Å². The van der Waals surface area contributed by atoms with Gasteiger partial charge in [0.25, 0.3) is 0 Å². The van der Waals surface area contributed by atoms with Crippen LogP contribution in [0.4, 0.5) is 5.69 Å². The van der Waals surface area contributed by atoms with Crippen molar-refractivity contribution in [3.05, 3.63) is 29.8 Å². The Labute approximate surface area is 122 Å². The summed E-state index contributed by atoms with van der Waals surface area (Å²) in [5.41, 5.74) is 1.60. The molecular formula is C15H18N2O4. The van der Waals surface area contributed by atoms with Crippen molar-refractivity contribution in [2.45, 2.75) is 32.2 Å². The zero-order chi connectivity index (χ0) is 15.4. The van der Waals surface area contributed by atoms with Crippen LogP contribution in [0.15, 0.2) is 24.3 Å². The van der Waals surface area contributed by atoms with E-state index in [2.05, 4.69) is 5.32 Å². The van der Waals surface area contributed by atoms with Crippen LogP contribution in [0.5, 0.6) is 0 Å². The number of amides is 2. The van der Waals surface area contributed by atoms with E-state index in [1.54, 1.807) is 12.1 Å². The van der Waals surface area contributed by atoms with Crippen molar-refractivity contribution in [2.24, 2.45) is 0 Å². The summed E-state index contributed by atoms with van der Waals surface area (Å²) < 4.78 is 0. The van der Waals surface area contributed by atoms with E-state index in [0.29, 0.717) is 5.69 Å². The SMILES string of the molecule is Cc1ccc(NC(=O)C(=O)N(CCC(=O)O)C2CC2)cc1. The Kier molecular flexibility index (Phi) is 4.57. The number of carboxylic acids is 1. The summed E-state index contributed by atoms with van der Waals surface area (Å²) >= 11 is 0. The fraction of sp³-hybridized carbons (Fsp3) is 0.400. The largest absolute Gasteiger partial charge is 0.481 e. The number of aliphatic carboxylic acids is 1. The molecule has 0 aliphatic heterocycles. The van der Waals surface area contributed by atoms with Crippen molar-refractivity contribution in [1.82, 2.24) is 4.90 Å². The highest BCUT2D eigenvalue weighted by molar-refractivity contribution is 6.39. The molecule has 0 saturated heterocycles. The Hall–Kier alpha value is -2.37. The summed E-state index contributed by atoms with van der Waals surface area (Å²) in [5.74, 6) is -2.37.